The van der Waals surface area contributed by atoms with Crippen molar-refractivity contribution in [2.24, 2.45) is 17.8 Å². The molecule has 7 heteroatoms. The maximum Gasteiger partial charge on any atom is 0.311 e. The number of methoxy groups -OCH3 is 1. The van der Waals surface area contributed by atoms with Gasteiger partial charge in [0.05, 0.1) is 19.6 Å². The quantitative estimate of drug-likeness (QED) is 0.837. The molecule has 2 fully saturated rings. The van der Waals surface area contributed by atoms with Crippen LogP contribution in [0.3, 0.4) is 0 Å². The minimum Gasteiger partial charge on any atom is -0.469 e. The summed E-state index contributed by atoms with van der Waals surface area (Å²) in [5, 5.41) is 7.13. The van der Waals surface area contributed by atoms with Gasteiger partial charge in [-0.15, -0.1) is 0 Å². The molecule has 1 amide bonds. The third kappa shape index (κ3) is 2.94. The number of nitrogens with one attached hydrogen (secondary N) is 1. The number of furan rings is 1. The normalized spacial score (nSPS) is 27.4. The van der Waals surface area contributed by atoms with Crippen molar-refractivity contribution in [1.29, 1.82) is 0 Å². The van der Waals surface area contributed by atoms with Crippen LogP contribution in [0, 0.1) is 17.8 Å². The number of aromatic nitrogens is 2. The van der Waals surface area contributed by atoms with Gasteiger partial charge in [-0.05, 0) is 49.3 Å². The first-order valence-electron chi connectivity index (χ1n) is 8.60. The van der Waals surface area contributed by atoms with Crippen LogP contribution >= 0.6 is 0 Å². The van der Waals surface area contributed by atoms with Crippen molar-refractivity contribution in [2.45, 2.75) is 31.8 Å². The second-order valence-electron chi connectivity index (χ2n) is 6.85. The number of carbonyl (C=O) groups is 2. The molecule has 2 heterocycles. The number of nitrogens with zero attached hydrogens (tertiary/aromatic N) is 2. The van der Waals surface area contributed by atoms with Crippen molar-refractivity contribution in [3.05, 3.63) is 42.1 Å². The maximum absolute atomic E-state index is 12.6. The molecule has 0 saturated heterocycles. The minimum absolute atomic E-state index is 0.168. The van der Waals surface area contributed by atoms with Crippen LogP contribution < -0.4 is 5.32 Å². The first-order chi connectivity index (χ1) is 12.2. The van der Waals surface area contributed by atoms with Crippen LogP contribution in [0.4, 0.5) is 0 Å². The lowest BCUT2D eigenvalue weighted by atomic mass is 9.84. The monoisotopic (exact) mass is 343 g/mol. The van der Waals surface area contributed by atoms with E-state index in [1.165, 1.54) is 7.11 Å². The van der Waals surface area contributed by atoms with Crippen LogP contribution in [-0.2, 0) is 16.1 Å². The number of amides is 1. The smallest absolute Gasteiger partial charge is 0.311 e. The lowest BCUT2D eigenvalue weighted by Gasteiger charge is -2.29. The molecular weight excluding hydrogens is 322 g/mol. The third-order valence-electron chi connectivity index (χ3n) is 5.45. The molecule has 2 bridgehead atoms. The SMILES string of the molecule is COC(=O)[C@@H]1[C@H]2CC[C@@H](C2)[C@@H]1NC(=O)c1ccc(Cn2cccn2)o1. The van der Waals surface area contributed by atoms with Gasteiger partial charge in [0.2, 0.25) is 0 Å². The van der Waals surface area contributed by atoms with E-state index in [1.807, 2.05) is 12.3 Å². The van der Waals surface area contributed by atoms with Crippen molar-refractivity contribution < 1.29 is 18.7 Å². The third-order valence-corrected chi connectivity index (χ3v) is 5.45. The Morgan fingerprint density at radius 2 is 2.20 bits per heavy atom. The summed E-state index contributed by atoms with van der Waals surface area (Å²) in [6, 6.07) is 5.10. The highest BCUT2D eigenvalue weighted by atomic mass is 16.5. The Morgan fingerprint density at radius 3 is 2.96 bits per heavy atom. The zero-order chi connectivity index (χ0) is 17.4. The lowest BCUT2D eigenvalue weighted by Crippen LogP contribution is -2.47. The molecule has 0 spiro atoms. The van der Waals surface area contributed by atoms with E-state index >= 15 is 0 Å². The van der Waals surface area contributed by atoms with Crippen LogP contribution in [-0.4, -0.2) is 34.8 Å². The van der Waals surface area contributed by atoms with Crippen molar-refractivity contribution in [3.8, 4) is 0 Å². The van der Waals surface area contributed by atoms with Crippen molar-refractivity contribution in [2.75, 3.05) is 7.11 Å². The molecule has 25 heavy (non-hydrogen) atoms. The predicted octanol–water partition coefficient (Wildman–Crippen LogP) is 1.84. The summed E-state index contributed by atoms with van der Waals surface area (Å²) in [6.45, 7) is 0.471. The molecule has 2 aliphatic carbocycles. The molecule has 2 aromatic rings. The molecule has 4 rings (SSSR count). The first-order valence-corrected chi connectivity index (χ1v) is 8.60. The van der Waals surface area contributed by atoms with Gasteiger partial charge in [0.25, 0.3) is 5.91 Å². The maximum atomic E-state index is 12.6. The van der Waals surface area contributed by atoms with Crippen LogP contribution in [0.1, 0.15) is 35.6 Å². The number of esters is 1. The van der Waals surface area contributed by atoms with Gasteiger partial charge in [0.15, 0.2) is 5.76 Å². The molecule has 0 unspecified atom stereocenters. The Balaban J connectivity index is 1.44. The van der Waals surface area contributed by atoms with E-state index in [4.69, 9.17) is 9.15 Å². The van der Waals surface area contributed by atoms with Crippen LogP contribution in [0.15, 0.2) is 35.0 Å². The van der Waals surface area contributed by atoms with E-state index in [2.05, 4.69) is 10.4 Å². The van der Waals surface area contributed by atoms with E-state index in [9.17, 15) is 9.59 Å². The first kappa shape index (κ1) is 15.9. The number of rotatable bonds is 5. The summed E-state index contributed by atoms with van der Waals surface area (Å²) in [5.74, 6) is 0.826. The number of carbonyl (C=O) groups excluding carboxylic acids is 2. The average Bonchev–Trinajstić information content (AvgIpc) is 3.39. The Labute approximate surface area is 145 Å². The number of hydrogen-bond donors (Lipinski definition) is 1. The van der Waals surface area contributed by atoms with E-state index in [0.29, 0.717) is 24.1 Å². The van der Waals surface area contributed by atoms with E-state index in [1.54, 1.807) is 23.0 Å². The average molecular weight is 343 g/mol. The van der Waals surface area contributed by atoms with Gasteiger partial charge in [0, 0.05) is 18.4 Å². The van der Waals surface area contributed by atoms with Gasteiger partial charge < -0.3 is 14.5 Å². The van der Waals surface area contributed by atoms with E-state index in [-0.39, 0.29) is 29.6 Å². The Kier molecular flexibility index (Phi) is 4.07. The van der Waals surface area contributed by atoms with Crippen LogP contribution in [0.2, 0.25) is 0 Å². The molecule has 0 aliphatic heterocycles. The minimum atomic E-state index is -0.279. The Morgan fingerprint density at radius 1 is 1.36 bits per heavy atom. The van der Waals surface area contributed by atoms with Crippen LogP contribution in [0.5, 0.6) is 0 Å². The molecule has 0 aromatic carbocycles. The Hall–Kier alpha value is -2.57. The second-order valence-corrected chi connectivity index (χ2v) is 6.85. The van der Waals surface area contributed by atoms with Gasteiger partial charge in [-0.2, -0.15) is 5.10 Å². The summed E-state index contributed by atoms with van der Waals surface area (Å²) in [4.78, 5) is 24.7. The van der Waals surface area contributed by atoms with Crippen LogP contribution in [0.25, 0.3) is 0 Å². The summed E-state index contributed by atoms with van der Waals surface area (Å²) in [6.07, 6.45) is 6.59. The summed E-state index contributed by atoms with van der Waals surface area (Å²) >= 11 is 0. The van der Waals surface area contributed by atoms with Crippen molar-refractivity contribution in [1.82, 2.24) is 15.1 Å². The fourth-order valence-electron chi connectivity index (χ4n) is 4.34. The molecule has 7 nitrogen and oxygen atoms in total. The predicted molar refractivity (Wildman–Crippen MR) is 87.6 cm³/mol. The molecule has 2 saturated carbocycles. The molecule has 2 aromatic heterocycles. The van der Waals surface area contributed by atoms with E-state index in [0.717, 1.165) is 19.3 Å². The van der Waals surface area contributed by atoms with Gasteiger partial charge >= 0.3 is 5.97 Å². The fourth-order valence-corrected chi connectivity index (χ4v) is 4.34. The highest BCUT2D eigenvalue weighted by molar-refractivity contribution is 5.92. The lowest BCUT2D eigenvalue weighted by molar-refractivity contribution is -0.148. The molecule has 4 atom stereocenters. The highest BCUT2D eigenvalue weighted by Crippen LogP contribution is 2.49. The molecule has 1 N–H and O–H groups in total. The summed E-state index contributed by atoms with van der Waals surface area (Å²) in [5.41, 5.74) is 0. The van der Waals surface area contributed by atoms with Gasteiger partial charge in [-0.25, -0.2) is 0 Å². The number of fused-ring (bicyclic) bond motifs is 2. The number of ether oxygens (including phenoxy) is 1. The Bertz CT molecular complexity index is 767. The molecular formula is C18H21N3O4. The standard InChI is InChI=1S/C18H21N3O4/c1-24-18(23)15-11-3-4-12(9-11)16(15)20-17(22)14-6-5-13(25-14)10-21-8-2-7-19-21/h2,5-8,11-12,15-16H,3-4,9-10H2,1H3,(H,20,22)/t11-,12-,15+,16-/m0/s1. The topological polar surface area (TPSA) is 86.4 Å². The largest absolute Gasteiger partial charge is 0.469 e. The van der Waals surface area contributed by atoms with Crippen molar-refractivity contribution in [3.63, 3.8) is 0 Å². The number of hydrogen-bond acceptors (Lipinski definition) is 5. The van der Waals surface area contributed by atoms with Gasteiger partial charge in [-0.3, -0.25) is 14.3 Å². The molecule has 2 aliphatic rings. The summed E-state index contributed by atoms with van der Waals surface area (Å²) < 4.78 is 12.3. The van der Waals surface area contributed by atoms with E-state index < -0.39 is 0 Å². The second kappa shape index (κ2) is 6.38. The molecule has 132 valence electrons. The fraction of sp³-hybridized carbons (Fsp3) is 0.500. The van der Waals surface area contributed by atoms with Gasteiger partial charge in [-0.1, -0.05) is 0 Å². The van der Waals surface area contributed by atoms with Gasteiger partial charge in [0.1, 0.15) is 5.76 Å². The summed E-state index contributed by atoms with van der Waals surface area (Å²) in [7, 11) is 1.40. The van der Waals surface area contributed by atoms with Crippen molar-refractivity contribution >= 4 is 11.9 Å². The molecule has 0 radical (unpaired) electrons. The zero-order valence-corrected chi connectivity index (χ0v) is 14.1. The highest BCUT2D eigenvalue weighted by Gasteiger charge is 2.52. The zero-order valence-electron chi connectivity index (χ0n) is 14.1.